The number of carbonyl (C=O) groups excluding carboxylic acids is 1. The van der Waals surface area contributed by atoms with Gasteiger partial charge in [0.25, 0.3) is 0 Å². The smallest absolute Gasteiger partial charge is 0.337 e. The standard InChI is InChI=1S/C13H16FN3O3/c1-19-4-3-17-7-9-5-8(12(18)20-2)6-10(14)11(9)16-13(17)15/h5-6H,3-4,7H2,1-2H3,(H2,15,16). The van der Waals surface area contributed by atoms with Gasteiger partial charge in [-0.2, -0.15) is 0 Å². The topological polar surface area (TPSA) is 77.1 Å². The molecule has 1 aromatic rings. The highest BCUT2D eigenvalue weighted by Gasteiger charge is 2.22. The van der Waals surface area contributed by atoms with Gasteiger partial charge >= 0.3 is 5.97 Å². The molecule has 0 aliphatic carbocycles. The third kappa shape index (κ3) is 2.72. The first kappa shape index (κ1) is 14.3. The Hall–Kier alpha value is -2.15. The number of ether oxygens (including phenoxy) is 2. The molecule has 1 aliphatic heterocycles. The molecule has 0 saturated carbocycles. The Balaban J connectivity index is 2.35. The Morgan fingerprint density at radius 2 is 2.25 bits per heavy atom. The summed E-state index contributed by atoms with van der Waals surface area (Å²) in [5.41, 5.74) is 6.71. The van der Waals surface area contributed by atoms with Crippen LogP contribution in [0.25, 0.3) is 0 Å². The SMILES string of the molecule is COCCN1Cc2cc(C(=O)OC)cc(F)c2N=C1N. The van der Waals surface area contributed by atoms with Crippen LogP contribution in [0.4, 0.5) is 10.1 Å². The van der Waals surface area contributed by atoms with E-state index in [1.165, 1.54) is 7.11 Å². The molecule has 2 rings (SSSR count). The van der Waals surface area contributed by atoms with Crippen molar-refractivity contribution in [2.24, 2.45) is 10.7 Å². The van der Waals surface area contributed by atoms with Crippen molar-refractivity contribution in [1.29, 1.82) is 0 Å². The molecule has 0 atom stereocenters. The van der Waals surface area contributed by atoms with Crippen LogP contribution >= 0.6 is 0 Å². The van der Waals surface area contributed by atoms with E-state index in [1.54, 1.807) is 18.1 Å². The number of esters is 1. The quantitative estimate of drug-likeness (QED) is 0.834. The molecular formula is C13H16FN3O3. The fourth-order valence-electron chi connectivity index (χ4n) is 2.00. The van der Waals surface area contributed by atoms with Gasteiger partial charge in [0.2, 0.25) is 0 Å². The monoisotopic (exact) mass is 281 g/mol. The highest BCUT2D eigenvalue weighted by atomic mass is 19.1. The Labute approximate surface area is 116 Å². The van der Waals surface area contributed by atoms with Crippen molar-refractivity contribution in [3.63, 3.8) is 0 Å². The number of methoxy groups -OCH3 is 2. The zero-order valence-corrected chi connectivity index (χ0v) is 11.4. The molecule has 20 heavy (non-hydrogen) atoms. The van der Waals surface area contributed by atoms with Gasteiger partial charge in [-0.3, -0.25) is 0 Å². The molecule has 7 heteroatoms. The molecule has 6 nitrogen and oxygen atoms in total. The third-order valence-corrected chi connectivity index (χ3v) is 3.04. The summed E-state index contributed by atoms with van der Waals surface area (Å²) in [5.74, 6) is -0.936. The molecule has 0 fully saturated rings. The molecule has 0 spiro atoms. The van der Waals surface area contributed by atoms with E-state index in [9.17, 15) is 9.18 Å². The molecule has 0 bridgehead atoms. The number of aliphatic imine (C=N–C) groups is 1. The Kier molecular flexibility index (Phi) is 4.19. The minimum Gasteiger partial charge on any atom is -0.465 e. The zero-order chi connectivity index (χ0) is 14.7. The lowest BCUT2D eigenvalue weighted by molar-refractivity contribution is 0.0600. The molecule has 0 aromatic heterocycles. The maximum atomic E-state index is 14.0. The van der Waals surface area contributed by atoms with Gasteiger partial charge in [-0.1, -0.05) is 0 Å². The van der Waals surface area contributed by atoms with E-state index in [4.69, 9.17) is 10.5 Å². The summed E-state index contributed by atoms with van der Waals surface area (Å²) >= 11 is 0. The van der Waals surface area contributed by atoms with Crippen LogP contribution < -0.4 is 5.73 Å². The number of nitrogens with zero attached hydrogens (tertiary/aromatic N) is 2. The van der Waals surface area contributed by atoms with Crippen molar-refractivity contribution >= 4 is 17.6 Å². The van der Waals surface area contributed by atoms with E-state index in [0.29, 0.717) is 25.3 Å². The minimum atomic E-state index is -0.586. The van der Waals surface area contributed by atoms with Gasteiger partial charge < -0.3 is 20.1 Å². The molecule has 0 unspecified atom stereocenters. The van der Waals surface area contributed by atoms with Crippen molar-refractivity contribution < 1.29 is 18.7 Å². The first-order valence-electron chi connectivity index (χ1n) is 6.05. The van der Waals surface area contributed by atoms with Gasteiger partial charge in [0.15, 0.2) is 5.96 Å². The molecule has 1 aliphatic rings. The summed E-state index contributed by atoms with van der Waals surface area (Å²) < 4.78 is 23.5. The van der Waals surface area contributed by atoms with Gasteiger partial charge in [-0.05, 0) is 12.1 Å². The van der Waals surface area contributed by atoms with Gasteiger partial charge in [0, 0.05) is 25.8 Å². The van der Waals surface area contributed by atoms with E-state index in [2.05, 4.69) is 9.73 Å². The number of guanidine groups is 1. The lowest BCUT2D eigenvalue weighted by atomic mass is 10.1. The zero-order valence-electron chi connectivity index (χ0n) is 11.4. The number of hydrogen-bond acceptors (Lipinski definition) is 6. The minimum absolute atomic E-state index is 0.158. The Bertz CT molecular complexity index is 560. The summed E-state index contributed by atoms with van der Waals surface area (Å²) in [5, 5.41) is 0. The summed E-state index contributed by atoms with van der Waals surface area (Å²) in [6.45, 7) is 1.38. The second-order valence-electron chi connectivity index (χ2n) is 4.34. The predicted molar refractivity (Wildman–Crippen MR) is 71.3 cm³/mol. The summed E-state index contributed by atoms with van der Waals surface area (Å²) in [6, 6.07) is 2.67. The molecule has 2 N–H and O–H groups in total. The number of nitrogens with two attached hydrogens (primary N) is 1. The Morgan fingerprint density at radius 3 is 2.90 bits per heavy atom. The van der Waals surface area contributed by atoms with Crippen LogP contribution in [0.1, 0.15) is 15.9 Å². The molecule has 0 amide bonds. The molecule has 0 radical (unpaired) electrons. The average Bonchev–Trinajstić information content (AvgIpc) is 2.45. The number of carbonyl (C=O) groups is 1. The number of benzene rings is 1. The highest BCUT2D eigenvalue weighted by molar-refractivity contribution is 5.91. The van der Waals surface area contributed by atoms with Gasteiger partial charge in [0.05, 0.1) is 19.3 Å². The first-order valence-corrected chi connectivity index (χ1v) is 6.05. The third-order valence-electron chi connectivity index (χ3n) is 3.04. The number of halogens is 1. The lowest BCUT2D eigenvalue weighted by Gasteiger charge is -2.28. The van der Waals surface area contributed by atoms with E-state index in [0.717, 1.165) is 6.07 Å². The molecular weight excluding hydrogens is 265 g/mol. The van der Waals surface area contributed by atoms with Crippen molar-refractivity contribution in [3.8, 4) is 0 Å². The summed E-state index contributed by atoms with van der Waals surface area (Å²) in [7, 11) is 2.83. The Morgan fingerprint density at radius 1 is 1.50 bits per heavy atom. The average molecular weight is 281 g/mol. The van der Waals surface area contributed by atoms with Crippen molar-refractivity contribution in [2.45, 2.75) is 6.54 Å². The lowest BCUT2D eigenvalue weighted by Crippen LogP contribution is -2.40. The molecule has 1 heterocycles. The number of hydrogen-bond donors (Lipinski definition) is 1. The normalized spacial score (nSPS) is 13.8. The fourth-order valence-corrected chi connectivity index (χ4v) is 2.00. The summed E-state index contributed by atoms with van der Waals surface area (Å²) in [4.78, 5) is 17.3. The van der Waals surface area contributed by atoms with Crippen molar-refractivity contribution in [3.05, 3.63) is 29.1 Å². The van der Waals surface area contributed by atoms with E-state index in [1.807, 2.05) is 0 Å². The predicted octanol–water partition coefficient (Wildman–Crippen LogP) is 1.02. The van der Waals surface area contributed by atoms with E-state index in [-0.39, 0.29) is 17.2 Å². The van der Waals surface area contributed by atoms with Crippen LogP contribution in [0, 0.1) is 5.82 Å². The summed E-state index contributed by atoms with van der Waals surface area (Å²) in [6.07, 6.45) is 0. The fraction of sp³-hybridized carbons (Fsp3) is 0.385. The van der Waals surface area contributed by atoms with Crippen LogP contribution in [-0.4, -0.2) is 44.2 Å². The van der Waals surface area contributed by atoms with Crippen LogP contribution in [0.5, 0.6) is 0 Å². The maximum Gasteiger partial charge on any atom is 0.337 e. The first-order chi connectivity index (χ1) is 9.56. The number of rotatable bonds is 4. The van der Waals surface area contributed by atoms with Crippen molar-refractivity contribution in [1.82, 2.24) is 4.90 Å². The van der Waals surface area contributed by atoms with Gasteiger partial charge in [0.1, 0.15) is 11.5 Å². The number of fused-ring (bicyclic) bond motifs is 1. The highest BCUT2D eigenvalue weighted by Crippen LogP contribution is 2.30. The second-order valence-corrected chi connectivity index (χ2v) is 4.34. The van der Waals surface area contributed by atoms with Crippen LogP contribution in [0.2, 0.25) is 0 Å². The van der Waals surface area contributed by atoms with E-state index < -0.39 is 11.8 Å². The van der Waals surface area contributed by atoms with Crippen LogP contribution in [0.3, 0.4) is 0 Å². The van der Waals surface area contributed by atoms with E-state index >= 15 is 0 Å². The largest absolute Gasteiger partial charge is 0.465 e. The van der Waals surface area contributed by atoms with Crippen LogP contribution in [-0.2, 0) is 16.0 Å². The molecule has 108 valence electrons. The maximum absolute atomic E-state index is 14.0. The van der Waals surface area contributed by atoms with Crippen LogP contribution in [0.15, 0.2) is 17.1 Å². The van der Waals surface area contributed by atoms with Crippen molar-refractivity contribution in [2.75, 3.05) is 27.4 Å². The van der Waals surface area contributed by atoms with Gasteiger partial charge in [-0.25, -0.2) is 14.2 Å². The second kappa shape index (κ2) is 5.87. The molecule has 0 saturated heterocycles. The molecule has 1 aromatic carbocycles. The van der Waals surface area contributed by atoms with Gasteiger partial charge in [-0.15, -0.1) is 0 Å².